The third-order valence-electron chi connectivity index (χ3n) is 9.50. The van der Waals surface area contributed by atoms with Gasteiger partial charge in [0.25, 0.3) is 0 Å². The highest BCUT2D eigenvalue weighted by molar-refractivity contribution is 5.67. The molecule has 10 atom stereocenters. The number of hydrogen-bond donors (Lipinski definition) is 0. The van der Waals surface area contributed by atoms with E-state index in [1.165, 1.54) is 41.1 Å². The van der Waals surface area contributed by atoms with Gasteiger partial charge in [0.1, 0.15) is 37.1 Å². The maximum Gasteiger partial charge on any atom is 0.303 e. The van der Waals surface area contributed by atoms with Crippen LogP contribution >= 0.6 is 0 Å². The molecule has 14 nitrogen and oxygen atoms in total. The molecule has 0 saturated carbocycles. The van der Waals surface area contributed by atoms with E-state index in [1.54, 1.807) is 0 Å². The lowest BCUT2D eigenvalue weighted by Crippen LogP contribution is -2.70. The molecule has 0 amide bonds. The van der Waals surface area contributed by atoms with Crippen LogP contribution in [0.3, 0.4) is 0 Å². The van der Waals surface area contributed by atoms with Crippen LogP contribution in [-0.4, -0.2) is 106 Å². The van der Waals surface area contributed by atoms with Crippen molar-refractivity contribution in [3.05, 3.63) is 120 Å². The summed E-state index contributed by atoms with van der Waals surface area (Å²) in [4.78, 5) is 37.3. The molecule has 5 rings (SSSR count). The normalized spacial score (nSPS) is 28.5. The number of hydrogen-bond acceptors (Lipinski definition) is 14. The predicted molar refractivity (Wildman–Crippen MR) is 203 cm³/mol. The van der Waals surface area contributed by atoms with Crippen LogP contribution in [-0.2, 0) is 86.3 Å². The van der Waals surface area contributed by atoms with E-state index < -0.39 is 85.4 Å². The Morgan fingerprint density at radius 2 is 1.19 bits per heavy atom. The van der Waals surface area contributed by atoms with Crippen molar-refractivity contribution in [3.8, 4) is 0 Å². The first-order chi connectivity index (χ1) is 27.6. The quantitative estimate of drug-likeness (QED) is 0.0924. The average molecular weight is 793 g/mol. The van der Waals surface area contributed by atoms with Crippen molar-refractivity contribution >= 4 is 17.9 Å². The first-order valence-electron chi connectivity index (χ1n) is 18.7. The zero-order valence-corrected chi connectivity index (χ0v) is 32.9. The van der Waals surface area contributed by atoms with Crippen molar-refractivity contribution in [3.63, 3.8) is 0 Å². The van der Waals surface area contributed by atoms with Gasteiger partial charge in [0.2, 0.25) is 0 Å². The lowest BCUT2D eigenvalue weighted by Gasteiger charge is -2.52. The molecule has 0 radical (unpaired) electrons. The van der Waals surface area contributed by atoms with E-state index in [9.17, 15) is 14.4 Å². The summed E-state index contributed by atoms with van der Waals surface area (Å²) in [6.45, 7) is 7.68. The lowest BCUT2D eigenvalue weighted by atomic mass is 9.86. The Balaban J connectivity index is 1.58. The molecule has 0 N–H and O–H groups in total. The van der Waals surface area contributed by atoms with E-state index in [0.29, 0.717) is 0 Å². The minimum atomic E-state index is -1.74. The van der Waals surface area contributed by atoms with Crippen molar-refractivity contribution < 1.29 is 66.5 Å². The summed E-state index contributed by atoms with van der Waals surface area (Å²) in [6, 6.07) is 28.8. The number of methoxy groups -OCH3 is 2. The van der Waals surface area contributed by atoms with E-state index in [1.807, 2.05) is 91.0 Å². The highest BCUT2D eigenvalue weighted by atomic mass is 16.8. The maximum atomic E-state index is 12.7. The molecule has 3 aromatic rings. The van der Waals surface area contributed by atoms with Crippen LogP contribution in [0.15, 0.2) is 104 Å². The largest absolute Gasteiger partial charge is 0.462 e. The Labute approximate surface area is 333 Å². The van der Waals surface area contributed by atoms with Crippen LogP contribution in [0.1, 0.15) is 37.5 Å². The van der Waals surface area contributed by atoms with Crippen LogP contribution < -0.4 is 0 Å². The van der Waals surface area contributed by atoms with Crippen LogP contribution in [0.4, 0.5) is 0 Å². The second-order valence-electron chi connectivity index (χ2n) is 13.6. The van der Waals surface area contributed by atoms with Gasteiger partial charge in [-0.15, -0.1) is 0 Å². The highest BCUT2D eigenvalue weighted by Crippen LogP contribution is 2.40. The Morgan fingerprint density at radius 3 is 1.68 bits per heavy atom. The van der Waals surface area contributed by atoms with Gasteiger partial charge in [0.05, 0.1) is 26.4 Å². The zero-order valence-electron chi connectivity index (χ0n) is 32.9. The molecule has 0 aliphatic carbocycles. The van der Waals surface area contributed by atoms with Crippen LogP contribution in [0.5, 0.6) is 0 Å². The number of esters is 3. The standard InChI is InChI=1S/C43H52O14/c1-7-43(27-52-28(2)44)40(54-30(4)46)37(47-5)39(53-29(3)45)42(57-43)56-35-34(26-49-23-31-17-11-8-12-18-31)55-41(48-6)38(51-25-33-21-15-10-16-22-33)36(35)50-24-32-19-13-9-14-20-32/h7-22,34-42H,1,23-27H2,2-6H3/t34-,35-,36+,37-,38-,39-,40+,41+,42-,43-/m1/s1. The summed E-state index contributed by atoms with van der Waals surface area (Å²) in [5.74, 6) is -2.03. The van der Waals surface area contributed by atoms with Gasteiger partial charge in [-0.1, -0.05) is 104 Å². The van der Waals surface area contributed by atoms with Gasteiger partial charge in [-0.3, -0.25) is 14.4 Å². The number of carbonyl (C=O) groups excluding carboxylic acids is 3. The molecule has 0 unspecified atom stereocenters. The monoisotopic (exact) mass is 792 g/mol. The molecule has 0 aromatic heterocycles. The van der Waals surface area contributed by atoms with Gasteiger partial charge in [-0.05, 0) is 16.7 Å². The molecule has 2 heterocycles. The van der Waals surface area contributed by atoms with Crippen molar-refractivity contribution in [2.75, 3.05) is 27.4 Å². The minimum Gasteiger partial charge on any atom is -0.462 e. The molecule has 2 saturated heterocycles. The van der Waals surface area contributed by atoms with Crippen LogP contribution in [0, 0.1) is 0 Å². The van der Waals surface area contributed by atoms with Crippen molar-refractivity contribution in [2.45, 2.75) is 102 Å². The van der Waals surface area contributed by atoms with Crippen LogP contribution in [0.25, 0.3) is 0 Å². The summed E-state index contributed by atoms with van der Waals surface area (Å²) in [5.41, 5.74) is 0.956. The maximum absolute atomic E-state index is 12.7. The smallest absolute Gasteiger partial charge is 0.303 e. The number of benzene rings is 3. The van der Waals surface area contributed by atoms with Gasteiger partial charge >= 0.3 is 17.9 Å². The van der Waals surface area contributed by atoms with E-state index in [2.05, 4.69) is 6.58 Å². The van der Waals surface area contributed by atoms with Gasteiger partial charge in [0, 0.05) is 35.0 Å². The third-order valence-corrected chi connectivity index (χ3v) is 9.50. The Morgan fingerprint density at radius 1 is 0.649 bits per heavy atom. The van der Waals surface area contributed by atoms with Gasteiger partial charge in [0.15, 0.2) is 30.4 Å². The van der Waals surface area contributed by atoms with Gasteiger partial charge < -0.3 is 52.1 Å². The predicted octanol–water partition coefficient (Wildman–Crippen LogP) is 4.85. The minimum absolute atomic E-state index is 0.00912. The van der Waals surface area contributed by atoms with Crippen molar-refractivity contribution in [1.82, 2.24) is 0 Å². The first kappa shape index (κ1) is 43.6. The summed E-state index contributed by atoms with van der Waals surface area (Å²) in [6.07, 6.45) is -8.73. The number of ether oxygens (including phenoxy) is 11. The molecule has 2 aliphatic heterocycles. The molecule has 0 spiro atoms. The average Bonchev–Trinajstić information content (AvgIpc) is 3.21. The Hall–Kier alpha value is -4.51. The van der Waals surface area contributed by atoms with Gasteiger partial charge in [-0.25, -0.2) is 0 Å². The molecule has 308 valence electrons. The molecule has 57 heavy (non-hydrogen) atoms. The lowest BCUT2D eigenvalue weighted by molar-refractivity contribution is -0.377. The topological polar surface area (TPSA) is 153 Å². The van der Waals surface area contributed by atoms with E-state index in [0.717, 1.165) is 16.7 Å². The second kappa shape index (κ2) is 21.3. The Kier molecular flexibility index (Phi) is 16.3. The van der Waals surface area contributed by atoms with E-state index in [4.69, 9.17) is 52.1 Å². The molecule has 2 fully saturated rings. The molecular formula is C43H52O14. The fourth-order valence-electron chi connectivity index (χ4n) is 6.82. The van der Waals surface area contributed by atoms with Crippen molar-refractivity contribution in [2.24, 2.45) is 0 Å². The summed E-state index contributed by atoms with van der Waals surface area (Å²) in [7, 11) is 2.86. The van der Waals surface area contributed by atoms with Gasteiger partial charge in [-0.2, -0.15) is 0 Å². The molecule has 2 aliphatic rings. The fraction of sp³-hybridized carbons (Fsp3) is 0.465. The molecular weight excluding hydrogens is 740 g/mol. The number of rotatable bonds is 19. The SMILES string of the molecule is C=C[C@]1(COC(C)=O)O[C@@H](O[C@H]2[C@H](OCc3ccccc3)[C@@H](OCc3ccccc3)[C@@H](OC)O[C@@H]2COCc2ccccc2)[C@H](OC(C)=O)[C@@H](OC)[C@@H]1OC(C)=O. The molecule has 14 heteroatoms. The number of carbonyl (C=O) groups is 3. The van der Waals surface area contributed by atoms with Crippen LogP contribution in [0.2, 0.25) is 0 Å². The summed E-state index contributed by atoms with van der Waals surface area (Å²) in [5, 5.41) is 0. The van der Waals surface area contributed by atoms with E-state index >= 15 is 0 Å². The Bertz CT molecular complexity index is 1710. The third kappa shape index (κ3) is 11.8. The first-order valence-corrected chi connectivity index (χ1v) is 18.7. The fourth-order valence-corrected chi connectivity index (χ4v) is 6.82. The summed E-state index contributed by atoms with van der Waals surface area (Å²) < 4.78 is 68.4. The van der Waals surface area contributed by atoms with Crippen molar-refractivity contribution in [1.29, 1.82) is 0 Å². The summed E-state index contributed by atoms with van der Waals surface area (Å²) >= 11 is 0. The zero-order chi connectivity index (χ0) is 40.8. The highest BCUT2D eigenvalue weighted by Gasteiger charge is 2.60. The second-order valence-corrected chi connectivity index (χ2v) is 13.6. The molecule has 3 aromatic carbocycles. The molecule has 0 bridgehead atoms. The van der Waals surface area contributed by atoms with E-state index in [-0.39, 0.29) is 26.4 Å².